The van der Waals surface area contributed by atoms with Gasteiger partial charge in [-0.3, -0.25) is 14.8 Å². The van der Waals surface area contributed by atoms with Crippen molar-refractivity contribution in [3.63, 3.8) is 0 Å². The lowest BCUT2D eigenvalue weighted by Gasteiger charge is -2.16. The van der Waals surface area contributed by atoms with E-state index in [-0.39, 0.29) is 5.91 Å². The molecule has 2 aromatic heterocycles. The van der Waals surface area contributed by atoms with Crippen molar-refractivity contribution >= 4 is 33.9 Å². The van der Waals surface area contributed by atoms with E-state index < -0.39 is 0 Å². The Hall–Kier alpha value is -4.90. The standard InChI is InChI=1S/C27H23N5O3/c1-3-26(33)32-24-13-22-23(14-25(24)34-4-2)30-16-18(15-28)27(22)31-19-8-10-21(11-9-19)35-17-20-7-5-6-12-29-20/h3,5-14,16H,1,4,17H2,2H3,(H,30,31)(H,32,33). The van der Waals surface area contributed by atoms with Gasteiger partial charge in [0.1, 0.15) is 24.2 Å². The number of aromatic nitrogens is 2. The molecule has 2 heterocycles. The number of nitrogens with one attached hydrogen (secondary N) is 2. The third-order valence-corrected chi connectivity index (χ3v) is 5.07. The molecule has 0 atom stereocenters. The Balaban J connectivity index is 1.64. The second kappa shape index (κ2) is 10.8. The van der Waals surface area contributed by atoms with Gasteiger partial charge in [0, 0.05) is 29.5 Å². The van der Waals surface area contributed by atoms with Crippen LogP contribution in [-0.4, -0.2) is 22.5 Å². The maximum Gasteiger partial charge on any atom is 0.247 e. The summed E-state index contributed by atoms with van der Waals surface area (Å²) in [6, 6.07) is 18.7. The van der Waals surface area contributed by atoms with Gasteiger partial charge in [-0.2, -0.15) is 5.26 Å². The van der Waals surface area contributed by atoms with E-state index in [9.17, 15) is 10.1 Å². The smallest absolute Gasteiger partial charge is 0.247 e. The maximum atomic E-state index is 12.0. The largest absolute Gasteiger partial charge is 0.492 e. The Morgan fingerprint density at radius 3 is 2.66 bits per heavy atom. The molecule has 0 aliphatic carbocycles. The van der Waals surface area contributed by atoms with E-state index in [1.165, 1.54) is 12.3 Å². The van der Waals surface area contributed by atoms with E-state index in [1.54, 1.807) is 18.3 Å². The Morgan fingerprint density at radius 1 is 1.14 bits per heavy atom. The lowest BCUT2D eigenvalue weighted by Crippen LogP contribution is -2.09. The van der Waals surface area contributed by atoms with Crippen LogP contribution in [0, 0.1) is 11.3 Å². The van der Waals surface area contributed by atoms with E-state index >= 15 is 0 Å². The van der Waals surface area contributed by atoms with Gasteiger partial charge in [-0.25, -0.2) is 0 Å². The molecular weight excluding hydrogens is 442 g/mol. The highest BCUT2D eigenvalue weighted by Gasteiger charge is 2.15. The number of anilines is 3. The van der Waals surface area contributed by atoms with Crippen molar-refractivity contribution in [3.8, 4) is 17.6 Å². The first-order valence-electron chi connectivity index (χ1n) is 10.9. The number of rotatable bonds is 9. The van der Waals surface area contributed by atoms with E-state index in [4.69, 9.17) is 9.47 Å². The average molecular weight is 466 g/mol. The summed E-state index contributed by atoms with van der Waals surface area (Å²) < 4.78 is 11.5. The summed E-state index contributed by atoms with van der Waals surface area (Å²) in [5.74, 6) is 0.801. The van der Waals surface area contributed by atoms with Crippen LogP contribution in [0.5, 0.6) is 11.5 Å². The first-order valence-corrected chi connectivity index (χ1v) is 10.9. The summed E-state index contributed by atoms with van der Waals surface area (Å²) in [6.45, 7) is 6.13. The molecule has 174 valence electrons. The van der Waals surface area contributed by atoms with Crippen molar-refractivity contribution in [1.29, 1.82) is 5.26 Å². The second-order valence-corrected chi connectivity index (χ2v) is 7.41. The lowest BCUT2D eigenvalue weighted by molar-refractivity contribution is -0.111. The summed E-state index contributed by atoms with van der Waals surface area (Å²) in [5.41, 5.74) is 3.59. The molecule has 0 spiro atoms. The fraction of sp³-hybridized carbons (Fsp3) is 0.111. The Kier molecular flexibility index (Phi) is 7.19. The summed E-state index contributed by atoms with van der Waals surface area (Å²) in [5, 5.41) is 16.4. The third kappa shape index (κ3) is 5.54. The van der Waals surface area contributed by atoms with Crippen LogP contribution in [0.4, 0.5) is 17.1 Å². The highest BCUT2D eigenvalue weighted by Crippen LogP contribution is 2.36. The number of nitrogens with zero attached hydrogens (tertiary/aromatic N) is 3. The van der Waals surface area contributed by atoms with Crippen molar-refractivity contribution in [3.05, 3.63) is 90.9 Å². The van der Waals surface area contributed by atoms with Crippen LogP contribution in [0.1, 0.15) is 18.2 Å². The molecule has 0 aliphatic rings. The lowest BCUT2D eigenvalue weighted by atomic mass is 10.1. The van der Waals surface area contributed by atoms with Crippen LogP contribution in [0.2, 0.25) is 0 Å². The SMILES string of the molecule is C=CC(=O)Nc1cc2c(Nc3ccc(OCc4ccccn4)cc3)c(C#N)cnc2cc1OCC. The van der Waals surface area contributed by atoms with Crippen molar-refractivity contribution < 1.29 is 14.3 Å². The number of hydrogen-bond acceptors (Lipinski definition) is 7. The first kappa shape index (κ1) is 23.3. The van der Waals surface area contributed by atoms with Crippen LogP contribution in [0.25, 0.3) is 10.9 Å². The number of hydrogen-bond donors (Lipinski definition) is 2. The molecule has 0 bridgehead atoms. The van der Waals surface area contributed by atoms with Gasteiger partial charge in [-0.15, -0.1) is 0 Å². The van der Waals surface area contributed by atoms with Gasteiger partial charge >= 0.3 is 0 Å². The maximum absolute atomic E-state index is 12.0. The van der Waals surface area contributed by atoms with Gasteiger partial charge in [0.25, 0.3) is 0 Å². The predicted octanol–water partition coefficient (Wildman–Crippen LogP) is 5.35. The van der Waals surface area contributed by atoms with E-state index in [0.717, 1.165) is 11.4 Å². The Bertz CT molecular complexity index is 1400. The fourth-order valence-corrected chi connectivity index (χ4v) is 3.42. The molecule has 2 aromatic carbocycles. The molecule has 0 radical (unpaired) electrons. The van der Waals surface area contributed by atoms with Crippen molar-refractivity contribution in [2.45, 2.75) is 13.5 Å². The minimum absolute atomic E-state index is 0.359. The monoisotopic (exact) mass is 465 g/mol. The molecule has 0 aliphatic heterocycles. The molecule has 2 N–H and O–H groups in total. The number of nitriles is 1. The summed E-state index contributed by atoms with van der Waals surface area (Å²) in [6.07, 6.45) is 4.41. The molecule has 0 saturated carbocycles. The van der Waals surface area contributed by atoms with E-state index in [1.807, 2.05) is 49.4 Å². The van der Waals surface area contributed by atoms with Gasteiger partial charge < -0.3 is 20.1 Å². The van der Waals surface area contributed by atoms with E-state index in [2.05, 4.69) is 33.2 Å². The molecule has 0 fully saturated rings. The van der Waals surface area contributed by atoms with Crippen LogP contribution in [0.3, 0.4) is 0 Å². The number of ether oxygens (including phenoxy) is 2. The van der Waals surface area contributed by atoms with Gasteiger partial charge in [-0.05, 0) is 55.5 Å². The predicted molar refractivity (Wildman–Crippen MR) is 135 cm³/mol. The number of carbonyl (C=O) groups excluding carboxylic acids is 1. The number of pyridine rings is 2. The zero-order valence-electron chi connectivity index (χ0n) is 19.1. The van der Waals surface area contributed by atoms with Gasteiger partial charge in [0.05, 0.1) is 34.8 Å². The average Bonchev–Trinajstić information content (AvgIpc) is 2.89. The molecule has 0 unspecified atom stereocenters. The Morgan fingerprint density at radius 2 is 1.97 bits per heavy atom. The molecule has 1 amide bonds. The molecule has 8 heteroatoms. The van der Waals surface area contributed by atoms with Crippen LogP contribution in [0.15, 0.2) is 79.6 Å². The van der Waals surface area contributed by atoms with Gasteiger partial charge in [0.2, 0.25) is 5.91 Å². The fourth-order valence-electron chi connectivity index (χ4n) is 3.42. The molecule has 8 nitrogen and oxygen atoms in total. The second-order valence-electron chi connectivity index (χ2n) is 7.41. The minimum atomic E-state index is -0.370. The summed E-state index contributed by atoms with van der Waals surface area (Å²) in [7, 11) is 0. The molecule has 4 rings (SSSR count). The van der Waals surface area contributed by atoms with Crippen LogP contribution in [-0.2, 0) is 11.4 Å². The van der Waals surface area contributed by atoms with Crippen molar-refractivity contribution in [2.75, 3.05) is 17.2 Å². The quantitative estimate of drug-likeness (QED) is 0.321. The number of benzene rings is 2. The topological polar surface area (TPSA) is 109 Å². The van der Waals surface area contributed by atoms with Gasteiger partial charge in [0.15, 0.2) is 0 Å². The van der Waals surface area contributed by atoms with E-state index in [0.29, 0.717) is 52.6 Å². The molecule has 0 saturated heterocycles. The number of amides is 1. The zero-order chi connectivity index (χ0) is 24.6. The molecule has 35 heavy (non-hydrogen) atoms. The van der Waals surface area contributed by atoms with Crippen molar-refractivity contribution in [1.82, 2.24) is 9.97 Å². The Labute approximate surface area is 202 Å². The highest BCUT2D eigenvalue weighted by molar-refractivity contribution is 6.04. The first-order chi connectivity index (χ1) is 17.1. The van der Waals surface area contributed by atoms with Crippen LogP contribution < -0.4 is 20.1 Å². The van der Waals surface area contributed by atoms with Gasteiger partial charge in [-0.1, -0.05) is 12.6 Å². The normalized spacial score (nSPS) is 10.3. The zero-order valence-corrected chi connectivity index (χ0v) is 19.1. The number of fused-ring (bicyclic) bond motifs is 1. The number of carbonyl (C=O) groups is 1. The highest BCUT2D eigenvalue weighted by atomic mass is 16.5. The molecule has 4 aromatic rings. The van der Waals surface area contributed by atoms with Crippen molar-refractivity contribution in [2.24, 2.45) is 0 Å². The summed E-state index contributed by atoms with van der Waals surface area (Å²) >= 11 is 0. The van der Waals surface area contributed by atoms with Crippen LogP contribution >= 0.6 is 0 Å². The third-order valence-electron chi connectivity index (χ3n) is 5.07. The summed E-state index contributed by atoms with van der Waals surface area (Å²) in [4.78, 5) is 20.6. The molecular formula is C27H23N5O3. The minimum Gasteiger partial charge on any atom is -0.492 e.